The van der Waals surface area contributed by atoms with E-state index in [2.05, 4.69) is 4.72 Å². The Morgan fingerprint density at radius 1 is 1.21 bits per heavy atom. The fourth-order valence-corrected chi connectivity index (χ4v) is 3.90. The third-order valence-corrected chi connectivity index (χ3v) is 5.34. The molecule has 0 atom stereocenters. The molecule has 10 heteroatoms. The van der Waals surface area contributed by atoms with E-state index >= 15 is 0 Å². The van der Waals surface area contributed by atoms with Crippen LogP contribution in [0.15, 0.2) is 40.8 Å². The van der Waals surface area contributed by atoms with Gasteiger partial charge in [-0.15, -0.1) is 0 Å². The molecule has 0 amide bonds. The molecule has 29 heavy (non-hydrogen) atoms. The molecule has 1 fully saturated rings. The predicted octanol–water partition coefficient (Wildman–Crippen LogP) is 1.53. The Bertz CT molecular complexity index is 1170. The van der Waals surface area contributed by atoms with Crippen LogP contribution in [0.25, 0.3) is 22.3 Å². The van der Waals surface area contributed by atoms with Gasteiger partial charge in [0, 0.05) is 22.0 Å². The number of halogens is 1. The van der Waals surface area contributed by atoms with Crippen molar-refractivity contribution in [2.24, 2.45) is 0 Å². The number of carboxylic acid groups (broad SMARTS) is 1. The van der Waals surface area contributed by atoms with E-state index in [1.807, 2.05) is 0 Å². The number of rotatable bonds is 5. The summed E-state index contributed by atoms with van der Waals surface area (Å²) in [6.45, 7) is 0. The number of nitrogens with one attached hydrogen (secondary N) is 1. The molecular formula is C19H17ClKNO6S. The number of anilines is 1. The van der Waals surface area contributed by atoms with Gasteiger partial charge in [-0.3, -0.25) is 4.72 Å². The van der Waals surface area contributed by atoms with Gasteiger partial charge in [0.15, 0.2) is 0 Å². The molecule has 1 aromatic heterocycles. The summed E-state index contributed by atoms with van der Waals surface area (Å²) in [6.07, 6.45) is 2.96. The van der Waals surface area contributed by atoms with E-state index in [9.17, 15) is 18.3 Å². The number of fused-ring (bicyclic) bond motifs is 1. The number of furan rings is 1. The van der Waals surface area contributed by atoms with Crippen LogP contribution in [0.2, 0.25) is 5.02 Å². The Morgan fingerprint density at radius 3 is 2.34 bits per heavy atom. The topological polar surface area (TPSA) is 127 Å². The van der Waals surface area contributed by atoms with Gasteiger partial charge in [0.1, 0.15) is 16.9 Å². The zero-order valence-electron chi connectivity index (χ0n) is 15.8. The Labute approximate surface area is 215 Å². The minimum atomic E-state index is -3.47. The summed E-state index contributed by atoms with van der Waals surface area (Å²) >= 11 is 5.91. The Kier molecular flexibility index (Phi) is 7.62. The number of carboxylic acids is 1. The van der Waals surface area contributed by atoms with Crippen molar-refractivity contribution in [2.45, 2.75) is 18.8 Å². The van der Waals surface area contributed by atoms with Gasteiger partial charge in [0.05, 0.1) is 11.9 Å². The second-order valence-electron chi connectivity index (χ2n) is 6.70. The van der Waals surface area contributed by atoms with Crippen LogP contribution >= 0.6 is 11.6 Å². The maximum absolute atomic E-state index is 12.0. The monoisotopic (exact) mass is 461 g/mol. The van der Waals surface area contributed by atoms with Crippen LogP contribution in [0.1, 0.15) is 34.7 Å². The van der Waals surface area contributed by atoms with Gasteiger partial charge in [-0.05, 0) is 54.7 Å². The molecule has 0 unspecified atom stereocenters. The van der Waals surface area contributed by atoms with Gasteiger partial charge >= 0.3 is 57.4 Å². The molecule has 3 N–H and O–H groups in total. The maximum Gasteiger partial charge on any atom is 1.00 e. The summed E-state index contributed by atoms with van der Waals surface area (Å²) in [6, 6.07) is 9.97. The van der Waals surface area contributed by atoms with E-state index in [0.29, 0.717) is 27.2 Å². The molecule has 1 saturated carbocycles. The summed E-state index contributed by atoms with van der Waals surface area (Å²) in [5.41, 5.74) is 2.17. The van der Waals surface area contributed by atoms with Crippen molar-refractivity contribution >= 4 is 44.3 Å². The number of sulfonamides is 1. The fourth-order valence-electron chi connectivity index (χ4n) is 3.20. The second-order valence-corrected chi connectivity index (χ2v) is 8.89. The summed E-state index contributed by atoms with van der Waals surface area (Å²) < 4.78 is 31.8. The molecule has 7 nitrogen and oxygen atoms in total. The molecule has 0 radical (unpaired) electrons. The average Bonchev–Trinajstić information content (AvgIpc) is 3.34. The minimum absolute atomic E-state index is 0. The number of hydrogen-bond acceptors (Lipinski definition) is 5. The van der Waals surface area contributed by atoms with Crippen LogP contribution in [0.3, 0.4) is 0 Å². The third kappa shape index (κ3) is 5.23. The van der Waals surface area contributed by atoms with Crippen LogP contribution in [0.4, 0.5) is 5.69 Å². The average molecular weight is 462 g/mol. The molecule has 0 spiro atoms. The fraction of sp³-hybridized carbons (Fsp3) is 0.211. The number of aromatic carboxylic acids is 1. The summed E-state index contributed by atoms with van der Waals surface area (Å²) in [5, 5.41) is 10.8. The summed E-state index contributed by atoms with van der Waals surface area (Å²) in [4.78, 5) is 12.0. The second kappa shape index (κ2) is 9.07. The standard InChI is InChI=1S/C19H16ClNO5S.K.H2O/c1-27(24,25)21-15-9-16-14(8-13(15)10-2-3-10)17(19(22)23)18(26-16)11-4-6-12(20)7-5-11;;/h4-10,21H,2-3H2,1H3,(H,22,23);;1H2/q;+1;/p-1. The smallest absolute Gasteiger partial charge is 0.870 e. The van der Waals surface area contributed by atoms with E-state index < -0.39 is 16.0 Å². The van der Waals surface area contributed by atoms with Crippen molar-refractivity contribution in [3.8, 4) is 11.3 Å². The van der Waals surface area contributed by atoms with Gasteiger partial charge in [-0.25, -0.2) is 13.2 Å². The Balaban J connectivity index is 0.00000150. The SMILES string of the molecule is CS(=O)(=O)Nc1cc2oc(-c3ccc(Cl)cc3)c(C(=O)O)c2cc1C1CC1.[K+].[OH-]. The van der Waals surface area contributed by atoms with Crippen molar-refractivity contribution in [1.82, 2.24) is 0 Å². The van der Waals surface area contributed by atoms with Gasteiger partial charge in [-0.2, -0.15) is 0 Å². The van der Waals surface area contributed by atoms with Crippen molar-refractivity contribution < 1.29 is 79.6 Å². The zero-order chi connectivity index (χ0) is 19.3. The Morgan fingerprint density at radius 2 is 1.83 bits per heavy atom. The molecule has 1 aliphatic rings. The van der Waals surface area contributed by atoms with E-state index in [0.717, 1.165) is 24.7 Å². The Hall–Kier alpha value is -0.914. The molecule has 1 aliphatic carbocycles. The van der Waals surface area contributed by atoms with Crippen molar-refractivity contribution in [1.29, 1.82) is 0 Å². The van der Waals surface area contributed by atoms with Crippen LogP contribution in [0.5, 0.6) is 0 Å². The molecule has 0 aliphatic heterocycles. The first-order chi connectivity index (χ1) is 12.7. The van der Waals surface area contributed by atoms with E-state index in [1.165, 1.54) is 0 Å². The molecule has 1 heterocycles. The quantitative estimate of drug-likeness (QED) is 0.555. The molecular weight excluding hydrogens is 445 g/mol. The normalized spacial score (nSPS) is 13.4. The molecule has 2 aromatic carbocycles. The van der Waals surface area contributed by atoms with Crippen molar-refractivity contribution in [2.75, 3.05) is 11.0 Å². The third-order valence-electron chi connectivity index (χ3n) is 4.49. The first-order valence-corrected chi connectivity index (χ1v) is 10.6. The number of hydrogen-bond donors (Lipinski definition) is 2. The maximum atomic E-state index is 12.0. The van der Waals surface area contributed by atoms with E-state index in [4.69, 9.17) is 16.0 Å². The molecule has 4 rings (SSSR count). The van der Waals surface area contributed by atoms with Gasteiger partial charge < -0.3 is 15.0 Å². The predicted molar refractivity (Wildman–Crippen MR) is 106 cm³/mol. The molecule has 0 saturated heterocycles. The largest absolute Gasteiger partial charge is 1.00 e. The van der Waals surface area contributed by atoms with Gasteiger partial charge in [0.25, 0.3) is 0 Å². The van der Waals surface area contributed by atoms with Crippen LogP contribution in [-0.2, 0) is 10.0 Å². The first kappa shape index (κ1) is 24.4. The molecule has 148 valence electrons. The molecule has 0 bridgehead atoms. The first-order valence-electron chi connectivity index (χ1n) is 8.30. The van der Waals surface area contributed by atoms with E-state index in [-0.39, 0.29) is 74.1 Å². The summed E-state index contributed by atoms with van der Waals surface area (Å²) in [5.74, 6) is -0.675. The number of benzene rings is 2. The van der Waals surface area contributed by atoms with Crippen LogP contribution in [0, 0.1) is 0 Å². The zero-order valence-corrected chi connectivity index (χ0v) is 20.5. The van der Waals surface area contributed by atoms with Crippen LogP contribution in [-0.4, -0.2) is 31.2 Å². The summed E-state index contributed by atoms with van der Waals surface area (Å²) in [7, 11) is -3.47. The van der Waals surface area contributed by atoms with Crippen LogP contribution < -0.4 is 56.1 Å². The molecule has 3 aromatic rings. The van der Waals surface area contributed by atoms with Gasteiger partial charge in [-0.1, -0.05) is 11.6 Å². The number of carbonyl (C=O) groups is 1. The van der Waals surface area contributed by atoms with Crippen molar-refractivity contribution in [3.63, 3.8) is 0 Å². The van der Waals surface area contributed by atoms with Gasteiger partial charge in [0.2, 0.25) is 10.0 Å². The minimum Gasteiger partial charge on any atom is -0.870 e. The van der Waals surface area contributed by atoms with E-state index in [1.54, 1.807) is 36.4 Å². The van der Waals surface area contributed by atoms with Crippen molar-refractivity contribution in [3.05, 3.63) is 52.5 Å².